The Morgan fingerprint density at radius 2 is 1.80 bits per heavy atom. The molecule has 0 unspecified atom stereocenters. The van der Waals surface area contributed by atoms with Gasteiger partial charge in [0.25, 0.3) is 5.56 Å². The van der Waals surface area contributed by atoms with Crippen molar-refractivity contribution in [2.45, 2.75) is 24.8 Å². The molecular formula is C19H18N4O2. The van der Waals surface area contributed by atoms with Gasteiger partial charge in [-0.05, 0) is 30.5 Å². The first-order chi connectivity index (χ1) is 12.2. The first-order valence-corrected chi connectivity index (χ1v) is 8.37. The van der Waals surface area contributed by atoms with Crippen molar-refractivity contribution in [1.82, 2.24) is 20.3 Å². The van der Waals surface area contributed by atoms with Crippen molar-refractivity contribution in [2.24, 2.45) is 0 Å². The summed E-state index contributed by atoms with van der Waals surface area (Å²) in [7, 11) is 0. The Hall–Kier alpha value is -3.02. The fourth-order valence-electron chi connectivity index (χ4n) is 3.14. The molecule has 1 saturated carbocycles. The molecule has 1 N–H and O–H groups in total. The number of carbonyl (C=O) groups excluding carboxylic acids is 1. The zero-order valence-corrected chi connectivity index (χ0v) is 13.7. The van der Waals surface area contributed by atoms with Gasteiger partial charge in [-0.25, -0.2) is 4.68 Å². The molecule has 3 aromatic rings. The summed E-state index contributed by atoms with van der Waals surface area (Å²) in [5, 5.41) is 11.5. The minimum absolute atomic E-state index is 0.0143. The second kappa shape index (κ2) is 6.12. The molecule has 0 atom stereocenters. The highest BCUT2D eigenvalue weighted by Gasteiger charge is 2.50. The molecule has 25 heavy (non-hydrogen) atoms. The van der Waals surface area contributed by atoms with Crippen LogP contribution in [0.5, 0.6) is 0 Å². The quantitative estimate of drug-likeness (QED) is 0.769. The lowest BCUT2D eigenvalue weighted by Crippen LogP contribution is -2.38. The molecule has 0 bridgehead atoms. The molecular weight excluding hydrogens is 316 g/mol. The Morgan fingerprint density at radius 3 is 2.56 bits per heavy atom. The fourth-order valence-corrected chi connectivity index (χ4v) is 3.14. The van der Waals surface area contributed by atoms with Crippen LogP contribution in [0.3, 0.4) is 0 Å². The van der Waals surface area contributed by atoms with Crippen molar-refractivity contribution in [2.75, 3.05) is 6.54 Å². The lowest BCUT2D eigenvalue weighted by atomic mass is 9.95. The zero-order chi connectivity index (χ0) is 17.3. The molecule has 1 aliphatic rings. The van der Waals surface area contributed by atoms with Gasteiger partial charge in [-0.1, -0.05) is 47.7 Å². The first-order valence-electron chi connectivity index (χ1n) is 8.37. The Balaban J connectivity index is 1.44. The molecule has 0 saturated heterocycles. The highest BCUT2D eigenvalue weighted by molar-refractivity contribution is 5.91. The van der Waals surface area contributed by atoms with Crippen molar-refractivity contribution in [3.05, 3.63) is 70.5 Å². The Morgan fingerprint density at radius 1 is 1.08 bits per heavy atom. The van der Waals surface area contributed by atoms with E-state index in [-0.39, 0.29) is 11.5 Å². The standard InChI is InChI=1S/C19H18N4O2/c24-17-15-8-4-5-9-16(15)21-22-23(17)13-12-20-18(25)19(10-11-19)14-6-2-1-3-7-14/h1-9H,10-13H2,(H,20,25). The molecule has 0 radical (unpaired) electrons. The largest absolute Gasteiger partial charge is 0.353 e. The van der Waals surface area contributed by atoms with E-state index >= 15 is 0 Å². The van der Waals surface area contributed by atoms with E-state index in [4.69, 9.17) is 0 Å². The predicted molar refractivity (Wildman–Crippen MR) is 94.2 cm³/mol. The van der Waals surface area contributed by atoms with Gasteiger partial charge in [0.05, 0.1) is 17.3 Å². The number of amides is 1. The van der Waals surface area contributed by atoms with Crippen LogP contribution in [0.1, 0.15) is 18.4 Å². The van der Waals surface area contributed by atoms with Gasteiger partial charge in [-0.2, -0.15) is 0 Å². The molecule has 1 aromatic heterocycles. The SMILES string of the molecule is O=C(NCCn1nnc2ccccc2c1=O)C1(c2ccccc2)CC1. The minimum Gasteiger partial charge on any atom is -0.353 e. The van der Waals surface area contributed by atoms with Crippen LogP contribution in [0.15, 0.2) is 59.4 Å². The number of fused-ring (bicyclic) bond motifs is 1. The van der Waals surface area contributed by atoms with Gasteiger partial charge in [0.2, 0.25) is 5.91 Å². The molecule has 0 aliphatic heterocycles. The van der Waals surface area contributed by atoms with Gasteiger partial charge < -0.3 is 5.32 Å². The monoisotopic (exact) mass is 334 g/mol. The first kappa shape index (κ1) is 15.5. The maximum absolute atomic E-state index is 12.6. The maximum Gasteiger partial charge on any atom is 0.277 e. The van der Waals surface area contributed by atoms with E-state index in [0.717, 1.165) is 18.4 Å². The van der Waals surface area contributed by atoms with Crippen LogP contribution >= 0.6 is 0 Å². The molecule has 2 aromatic carbocycles. The van der Waals surface area contributed by atoms with Gasteiger partial charge in [0.15, 0.2) is 0 Å². The summed E-state index contributed by atoms with van der Waals surface area (Å²) >= 11 is 0. The molecule has 4 rings (SSSR count). The van der Waals surface area contributed by atoms with Crippen LogP contribution in [0, 0.1) is 0 Å². The zero-order valence-electron chi connectivity index (χ0n) is 13.7. The van der Waals surface area contributed by atoms with Gasteiger partial charge in [0, 0.05) is 6.54 Å². The Labute approximate surface area is 144 Å². The third-order valence-corrected chi connectivity index (χ3v) is 4.75. The second-order valence-corrected chi connectivity index (χ2v) is 6.34. The molecule has 6 heteroatoms. The van der Waals surface area contributed by atoms with E-state index in [1.54, 1.807) is 18.2 Å². The van der Waals surface area contributed by atoms with Gasteiger partial charge in [-0.15, -0.1) is 5.10 Å². The van der Waals surface area contributed by atoms with Gasteiger partial charge in [-0.3, -0.25) is 9.59 Å². The van der Waals surface area contributed by atoms with E-state index in [1.165, 1.54) is 4.68 Å². The number of nitrogens with zero attached hydrogens (tertiary/aromatic N) is 3. The van der Waals surface area contributed by atoms with E-state index in [9.17, 15) is 9.59 Å². The van der Waals surface area contributed by atoms with E-state index < -0.39 is 5.41 Å². The molecule has 1 amide bonds. The summed E-state index contributed by atoms with van der Waals surface area (Å²) in [6.07, 6.45) is 1.72. The molecule has 6 nitrogen and oxygen atoms in total. The van der Waals surface area contributed by atoms with E-state index in [1.807, 2.05) is 36.4 Å². The number of rotatable bonds is 5. The maximum atomic E-state index is 12.6. The summed E-state index contributed by atoms with van der Waals surface area (Å²) in [5.74, 6) is 0.0143. The van der Waals surface area contributed by atoms with Crippen LogP contribution in [-0.2, 0) is 16.8 Å². The van der Waals surface area contributed by atoms with Crippen molar-refractivity contribution in [3.8, 4) is 0 Å². The summed E-state index contributed by atoms with van der Waals surface area (Å²) in [4.78, 5) is 25.0. The van der Waals surface area contributed by atoms with Gasteiger partial charge in [0.1, 0.15) is 5.52 Å². The number of benzene rings is 2. The van der Waals surface area contributed by atoms with Crippen LogP contribution in [-0.4, -0.2) is 27.4 Å². The normalized spacial score (nSPS) is 15.0. The molecule has 1 fully saturated rings. The third kappa shape index (κ3) is 2.80. The lowest BCUT2D eigenvalue weighted by molar-refractivity contribution is -0.123. The smallest absolute Gasteiger partial charge is 0.277 e. The van der Waals surface area contributed by atoms with Crippen molar-refractivity contribution in [3.63, 3.8) is 0 Å². The predicted octanol–water partition coefficient (Wildman–Crippen LogP) is 1.64. The lowest BCUT2D eigenvalue weighted by Gasteiger charge is -2.15. The fraction of sp³-hybridized carbons (Fsp3) is 0.263. The highest BCUT2D eigenvalue weighted by atomic mass is 16.2. The van der Waals surface area contributed by atoms with Crippen molar-refractivity contribution in [1.29, 1.82) is 0 Å². The highest BCUT2D eigenvalue weighted by Crippen LogP contribution is 2.48. The number of hydrogen-bond donors (Lipinski definition) is 1. The van der Waals surface area contributed by atoms with Crippen LogP contribution in [0.4, 0.5) is 0 Å². The number of nitrogens with one attached hydrogen (secondary N) is 1. The van der Waals surface area contributed by atoms with Crippen molar-refractivity contribution >= 4 is 16.8 Å². The summed E-state index contributed by atoms with van der Waals surface area (Å²) in [6.45, 7) is 0.646. The van der Waals surface area contributed by atoms with Crippen molar-refractivity contribution < 1.29 is 4.79 Å². The molecule has 0 spiro atoms. The second-order valence-electron chi connectivity index (χ2n) is 6.34. The average molecular weight is 334 g/mol. The topological polar surface area (TPSA) is 76.9 Å². The number of carbonyl (C=O) groups is 1. The summed E-state index contributed by atoms with van der Waals surface area (Å²) < 4.78 is 1.30. The third-order valence-electron chi connectivity index (χ3n) is 4.75. The average Bonchev–Trinajstić information content (AvgIpc) is 3.46. The van der Waals surface area contributed by atoms with Crippen LogP contribution in [0.25, 0.3) is 10.9 Å². The van der Waals surface area contributed by atoms with E-state index in [2.05, 4.69) is 15.6 Å². The van der Waals surface area contributed by atoms with E-state index in [0.29, 0.717) is 24.0 Å². The minimum atomic E-state index is -0.402. The molecule has 126 valence electrons. The number of hydrogen-bond acceptors (Lipinski definition) is 4. The van der Waals surface area contributed by atoms with Gasteiger partial charge >= 0.3 is 0 Å². The molecule has 1 aliphatic carbocycles. The molecule has 1 heterocycles. The van der Waals surface area contributed by atoms with Crippen LogP contribution < -0.4 is 10.9 Å². The Bertz CT molecular complexity index is 977. The summed E-state index contributed by atoms with van der Waals surface area (Å²) in [6, 6.07) is 16.9. The number of aromatic nitrogens is 3. The van der Waals surface area contributed by atoms with Crippen LogP contribution in [0.2, 0.25) is 0 Å². The summed E-state index contributed by atoms with van der Waals surface area (Å²) in [5.41, 5.74) is 1.04. The Kier molecular flexibility index (Phi) is 3.80.